The highest BCUT2D eigenvalue weighted by molar-refractivity contribution is 6.19. The van der Waals surface area contributed by atoms with Crippen molar-refractivity contribution in [3.05, 3.63) is 24.3 Å². The standard InChI is InChI=1S/C12H12N2O3/c1-8(15)13-9-2-4-10(5-3-9)14-11(16)6-7-12(14)17/h2-5H,6-7H2,1H3,(H,13,15). The Morgan fingerprint density at radius 1 is 1.12 bits per heavy atom. The zero-order valence-corrected chi connectivity index (χ0v) is 9.40. The number of nitrogens with zero attached hydrogens (tertiary/aromatic N) is 1. The topological polar surface area (TPSA) is 66.5 Å². The fourth-order valence-corrected chi connectivity index (χ4v) is 1.76. The lowest BCUT2D eigenvalue weighted by molar-refractivity contribution is -0.121. The Morgan fingerprint density at radius 3 is 2.12 bits per heavy atom. The van der Waals surface area contributed by atoms with Crippen LogP contribution in [0, 0.1) is 0 Å². The molecule has 0 saturated carbocycles. The number of anilines is 2. The van der Waals surface area contributed by atoms with Gasteiger partial charge < -0.3 is 5.32 Å². The van der Waals surface area contributed by atoms with Gasteiger partial charge in [0.25, 0.3) is 0 Å². The molecule has 0 radical (unpaired) electrons. The number of carbonyl (C=O) groups is 3. The summed E-state index contributed by atoms with van der Waals surface area (Å²) in [5, 5.41) is 2.62. The van der Waals surface area contributed by atoms with Gasteiger partial charge in [0.2, 0.25) is 17.7 Å². The number of nitrogens with one attached hydrogen (secondary N) is 1. The van der Waals surface area contributed by atoms with E-state index in [1.165, 1.54) is 11.8 Å². The lowest BCUT2D eigenvalue weighted by atomic mass is 10.2. The van der Waals surface area contributed by atoms with Gasteiger partial charge in [0.05, 0.1) is 5.69 Å². The lowest BCUT2D eigenvalue weighted by Crippen LogP contribution is -2.28. The summed E-state index contributed by atoms with van der Waals surface area (Å²) in [4.78, 5) is 35.0. The van der Waals surface area contributed by atoms with Crippen molar-refractivity contribution < 1.29 is 14.4 Å². The number of hydrogen-bond acceptors (Lipinski definition) is 3. The average Bonchev–Trinajstić information content (AvgIpc) is 2.59. The van der Waals surface area contributed by atoms with E-state index in [9.17, 15) is 14.4 Å². The predicted molar refractivity (Wildman–Crippen MR) is 62.5 cm³/mol. The predicted octanol–water partition coefficient (Wildman–Crippen LogP) is 1.30. The van der Waals surface area contributed by atoms with Crippen molar-refractivity contribution in [1.29, 1.82) is 0 Å². The van der Waals surface area contributed by atoms with Crippen molar-refractivity contribution in [2.75, 3.05) is 10.2 Å². The first-order valence-electron chi connectivity index (χ1n) is 5.31. The molecular formula is C12H12N2O3. The Labute approximate surface area is 98.4 Å². The molecular weight excluding hydrogens is 220 g/mol. The molecule has 0 bridgehead atoms. The van der Waals surface area contributed by atoms with Gasteiger partial charge in [0.1, 0.15) is 0 Å². The van der Waals surface area contributed by atoms with Gasteiger partial charge in [-0.1, -0.05) is 0 Å². The second-order valence-electron chi connectivity index (χ2n) is 3.85. The minimum absolute atomic E-state index is 0.161. The van der Waals surface area contributed by atoms with Gasteiger partial charge in [-0.2, -0.15) is 0 Å². The van der Waals surface area contributed by atoms with Gasteiger partial charge in [0, 0.05) is 25.5 Å². The van der Waals surface area contributed by atoms with Crippen LogP contribution in [0.5, 0.6) is 0 Å². The quantitative estimate of drug-likeness (QED) is 0.781. The fraction of sp³-hybridized carbons (Fsp3) is 0.250. The molecule has 1 saturated heterocycles. The van der Waals surface area contributed by atoms with Crippen LogP contribution in [0.2, 0.25) is 0 Å². The summed E-state index contributed by atoms with van der Waals surface area (Å²) in [7, 11) is 0. The van der Waals surface area contributed by atoms with Crippen LogP contribution in [0.4, 0.5) is 11.4 Å². The molecule has 0 unspecified atom stereocenters. The van der Waals surface area contributed by atoms with Crippen LogP contribution in [0.15, 0.2) is 24.3 Å². The Balaban J connectivity index is 2.20. The average molecular weight is 232 g/mol. The second-order valence-corrected chi connectivity index (χ2v) is 3.85. The van der Waals surface area contributed by atoms with E-state index < -0.39 is 0 Å². The number of rotatable bonds is 2. The lowest BCUT2D eigenvalue weighted by Gasteiger charge is -2.14. The van der Waals surface area contributed by atoms with Crippen LogP contribution in [-0.4, -0.2) is 17.7 Å². The van der Waals surface area contributed by atoms with Crippen LogP contribution in [0.1, 0.15) is 19.8 Å². The molecule has 1 aromatic carbocycles. The van der Waals surface area contributed by atoms with E-state index in [4.69, 9.17) is 0 Å². The third-order valence-electron chi connectivity index (χ3n) is 2.50. The fourth-order valence-electron chi connectivity index (χ4n) is 1.76. The van der Waals surface area contributed by atoms with Gasteiger partial charge >= 0.3 is 0 Å². The van der Waals surface area contributed by atoms with Crippen molar-refractivity contribution in [1.82, 2.24) is 0 Å². The van der Waals surface area contributed by atoms with Gasteiger partial charge in [-0.15, -0.1) is 0 Å². The van der Waals surface area contributed by atoms with Crippen LogP contribution in [0.25, 0.3) is 0 Å². The van der Waals surface area contributed by atoms with E-state index >= 15 is 0 Å². The summed E-state index contributed by atoms with van der Waals surface area (Å²) in [6.07, 6.45) is 0.540. The summed E-state index contributed by atoms with van der Waals surface area (Å²) in [6, 6.07) is 6.62. The van der Waals surface area contributed by atoms with Crippen molar-refractivity contribution in [3.63, 3.8) is 0 Å². The molecule has 17 heavy (non-hydrogen) atoms. The molecule has 1 N–H and O–H groups in total. The minimum atomic E-state index is -0.178. The molecule has 5 heteroatoms. The van der Waals surface area contributed by atoms with Crippen LogP contribution in [0.3, 0.4) is 0 Å². The largest absolute Gasteiger partial charge is 0.326 e. The molecule has 0 aromatic heterocycles. The van der Waals surface area contributed by atoms with E-state index in [-0.39, 0.29) is 30.6 Å². The first-order valence-corrected chi connectivity index (χ1v) is 5.31. The molecule has 0 spiro atoms. The van der Waals surface area contributed by atoms with E-state index in [1.54, 1.807) is 24.3 Å². The summed E-state index contributed by atoms with van der Waals surface area (Å²) in [6.45, 7) is 1.42. The van der Waals surface area contributed by atoms with Gasteiger partial charge in [-0.05, 0) is 24.3 Å². The van der Waals surface area contributed by atoms with Crippen molar-refractivity contribution in [2.45, 2.75) is 19.8 Å². The Bertz CT molecular complexity index is 463. The third kappa shape index (κ3) is 2.33. The Morgan fingerprint density at radius 2 is 1.65 bits per heavy atom. The zero-order chi connectivity index (χ0) is 12.4. The first kappa shape index (κ1) is 11.3. The number of hydrogen-bond donors (Lipinski definition) is 1. The SMILES string of the molecule is CC(=O)Nc1ccc(N2C(=O)CCC2=O)cc1. The Hall–Kier alpha value is -2.17. The zero-order valence-electron chi connectivity index (χ0n) is 9.40. The number of amides is 3. The molecule has 3 amide bonds. The molecule has 5 nitrogen and oxygen atoms in total. The van der Waals surface area contributed by atoms with Gasteiger partial charge in [0.15, 0.2) is 0 Å². The van der Waals surface area contributed by atoms with E-state index in [0.29, 0.717) is 11.4 Å². The van der Waals surface area contributed by atoms with E-state index in [0.717, 1.165) is 0 Å². The van der Waals surface area contributed by atoms with Gasteiger partial charge in [-0.25, -0.2) is 0 Å². The molecule has 1 aliphatic heterocycles. The summed E-state index contributed by atoms with van der Waals surface area (Å²) in [5.41, 5.74) is 1.19. The van der Waals surface area contributed by atoms with Crippen molar-refractivity contribution >= 4 is 29.1 Å². The van der Waals surface area contributed by atoms with Crippen LogP contribution in [-0.2, 0) is 14.4 Å². The second kappa shape index (κ2) is 4.37. The molecule has 0 atom stereocenters. The molecule has 1 aliphatic rings. The number of benzene rings is 1. The van der Waals surface area contributed by atoms with Crippen molar-refractivity contribution in [2.24, 2.45) is 0 Å². The molecule has 2 rings (SSSR count). The molecule has 88 valence electrons. The smallest absolute Gasteiger partial charge is 0.234 e. The molecule has 1 aromatic rings. The van der Waals surface area contributed by atoms with Gasteiger partial charge in [-0.3, -0.25) is 19.3 Å². The molecule has 0 aliphatic carbocycles. The van der Waals surface area contributed by atoms with E-state index in [2.05, 4.69) is 5.32 Å². The van der Waals surface area contributed by atoms with Crippen LogP contribution >= 0.6 is 0 Å². The van der Waals surface area contributed by atoms with Crippen LogP contribution < -0.4 is 10.2 Å². The maximum atomic E-state index is 11.5. The highest BCUT2D eigenvalue weighted by atomic mass is 16.2. The highest BCUT2D eigenvalue weighted by Gasteiger charge is 2.29. The molecule has 1 heterocycles. The minimum Gasteiger partial charge on any atom is -0.326 e. The number of imide groups is 1. The van der Waals surface area contributed by atoms with Crippen molar-refractivity contribution in [3.8, 4) is 0 Å². The summed E-state index contributed by atoms with van der Waals surface area (Å²) < 4.78 is 0. The summed E-state index contributed by atoms with van der Waals surface area (Å²) in [5.74, 6) is -0.518. The number of carbonyl (C=O) groups excluding carboxylic acids is 3. The normalized spacial score (nSPS) is 15.2. The maximum Gasteiger partial charge on any atom is 0.234 e. The first-order chi connectivity index (χ1) is 8.08. The highest BCUT2D eigenvalue weighted by Crippen LogP contribution is 2.23. The Kier molecular flexibility index (Phi) is 2.91. The monoisotopic (exact) mass is 232 g/mol. The third-order valence-corrected chi connectivity index (χ3v) is 2.50. The summed E-state index contributed by atoms with van der Waals surface area (Å²) >= 11 is 0. The maximum absolute atomic E-state index is 11.5. The van der Waals surface area contributed by atoms with E-state index in [1.807, 2.05) is 0 Å². The molecule has 1 fully saturated rings.